The number of amides is 1. The second kappa shape index (κ2) is 6.19. The van der Waals surface area contributed by atoms with Gasteiger partial charge in [0.05, 0.1) is 13.2 Å². The van der Waals surface area contributed by atoms with Crippen LogP contribution in [0.4, 0.5) is 4.39 Å². The molecule has 0 radical (unpaired) electrons. The van der Waals surface area contributed by atoms with Crippen LogP contribution in [-0.2, 0) is 0 Å². The Labute approximate surface area is 117 Å². The van der Waals surface area contributed by atoms with Crippen molar-refractivity contribution in [3.8, 4) is 5.75 Å². The fourth-order valence-corrected chi connectivity index (χ4v) is 1.88. The molecule has 2 aromatic carbocycles. The van der Waals surface area contributed by atoms with E-state index in [4.69, 9.17) is 4.74 Å². The number of ether oxygens (including phenoxy) is 1. The van der Waals surface area contributed by atoms with Crippen molar-refractivity contribution >= 4 is 5.91 Å². The molecule has 0 aliphatic carbocycles. The smallest absolute Gasteiger partial charge is 0.251 e. The van der Waals surface area contributed by atoms with Crippen LogP contribution in [0.3, 0.4) is 0 Å². The van der Waals surface area contributed by atoms with Crippen molar-refractivity contribution in [2.75, 3.05) is 7.11 Å². The molecule has 0 bridgehead atoms. The fourth-order valence-electron chi connectivity index (χ4n) is 1.88. The second-order valence-electron chi connectivity index (χ2n) is 4.48. The molecule has 2 aromatic rings. The topological polar surface area (TPSA) is 38.3 Å². The zero-order valence-corrected chi connectivity index (χ0v) is 11.4. The first-order valence-electron chi connectivity index (χ1n) is 6.30. The van der Waals surface area contributed by atoms with Gasteiger partial charge in [-0.25, -0.2) is 4.39 Å². The quantitative estimate of drug-likeness (QED) is 0.928. The van der Waals surface area contributed by atoms with Gasteiger partial charge in [0.2, 0.25) is 0 Å². The summed E-state index contributed by atoms with van der Waals surface area (Å²) in [6.45, 7) is 1.85. The van der Waals surface area contributed by atoms with Gasteiger partial charge in [-0.1, -0.05) is 18.2 Å². The van der Waals surface area contributed by atoms with Crippen LogP contribution in [-0.4, -0.2) is 13.0 Å². The van der Waals surface area contributed by atoms with Crippen LogP contribution in [0.15, 0.2) is 48.5 Å². The van der Waals surface area contributed by atoms with Gasteiger partial charge < -0.3 is 10.1 Å². The van der Waals surface area contributed by atoms with E-state index in [2.05, 4.69) is 5.32 Å². The summed E-state index contributed by atoms with van der Waals surface area (Å²) in [7, 11) is 1.55. The van der Waals surface area contributed by atoms with E-state index in [0.29, 0.717) is 11.3 Å². The number of nitrogens with one attached hydrogen (secondary N) is 1. The average molecular weight is 273 g/mol. The summed E-state index contributed by atoms with van der Waals surface area (Å²) in [4.78, 5) is 12.1. The lowest BCUT2D eigenvalue weighted by atomic mass is 10.1. The molecule has 1 unspecified atom stereocenters. The third-order valence-corrected chi connectivity index (χ3v) is 3.05. The summed E-state index contributed by atoms with van der Waals surface area (Å²) in [6, 6.07) is 12.8. The van der Waals surface area contributed by atoms with Gasteiger partial charge in [-0.3, -0.25) is 4.79 Å². The van der Waals surface area contributed by atoms with Crippen LogP contribution >= 0.6 is 0 Å². The van der Waals surface area contributed by atoms with Gasteiger partial charge in [0, 0.05) is 5.56 Å². The van der Waals surface area contributed by atoms with E-state index in [0.717, 1.165) is 5.56 Å². The number of hydrogen-bond acceptors (Lipinski definition) is 2. The van der Waals surface area contributed by atoms with Gasteiger partial charge in [0.25, 0.3) is 5.91 Å². The number of halogens is 1. The molecule has 0 saturated heterocycles. The third-order valence-electron chi connectivity index (χ3n) is 3.05. The lowest BCUT2D eigenvalue weighted by Crippen LogP contribution is -2.26. The maximum Gasteiger partial charge on any atom is 0.251 e. The van der Waals surface area contributed by atoms with Crippen molar-refractivity contribution in [3.63, 3.8) is 0 Å². The Morgan fingerprint density at radius 3 is 2.55 bits per heavy atom. The Morgan fingerprint density at radius 1 is 1.20 bits per heavy atom. The molecule has 0 spiro atoms. The molecule has 2 rings (SSSR count). The molecule has 1 atom stereocenters. The SMILES string of the molecule is COc1cccc(C(=O)NC(C)c2ccc(F)cc2)c1. The lowest BCUT2D eigenvalue weighted by Gasteiger charge is -2.14. The third kappa shape index (κ3) is 3.35. The summed E-state index contributed by atoms with van der Waals surface area (Å²) in [5.41, 5.74) is 1.38. The van der Waals surface area contributed by atoms with E-state index in [-0.39, 0.29) is 17.8 Å². The van der Waals surface area contributed by atoms with Gasteiger partial charge in [-0.2, -0.15) is 0 Å². The van der Waals surface area contributed by atoms with Crippen molar-refractivity contribution in [2.45, 2.75) is 13.0 Å². The van der Waals surface area contributed by atoms with Crippen molar-refractivity contribution in [1.82, 2.24) is 5.32 Å². The number of rotatable bonds is 4. The predicted octanol–water partition coefficient (Wildman–Crippen LogP) is 3.33. The number of benzene rings is 2. The Kier molecular flexibility index (Phi) is 4.35. The van der Waals surface area contributed by atoms with Gasteiger partial charge in [0.15, 0.2) is 0 Å². The minimum Gasteiger partial charge on any atom is -0.497 e. The maximum absolute atomic E-state index is 12.9. The predicted molar refractivity (Wildman–Crippen MR) is 75.3 cm³/mol. The molecule has 0 aliphatic rings. The van der Waals surface area contributed by atoms with Crippen LogP contribution in [0.5, 0.6) is 5.75 Å². The first kappa shape index (κ1) is 14.1. The van der Waals surface area contributed by atoms with E-state index in [1.807, 2.05) is 6.92 Å². The van der Waals surface area contributed by atoms with Crippen molar-refractivity contribution in [1.29, 1.82) is 0 Å². The zero-order chi connectivity index (χ0) is 14.5. The second-order valence-corrected chi connectivity index (χ2v) is 4.48. The summed E-state index contributed by atoms with van der Waals surface area (Å²) < 4.78 is 17.9. The normalized spacial score (nSPS) is 11.8. The Bertz CT molecular complexity index is 596. The molecular formula is C16H16FNO2. The monoisotopic (exact) mass is 273 g/mol. The first-order valence-corrected chi connectivity index (χ1v) is 6.30. The summed E-state index contributed by atoms with van der Waals surface area (Å²) in [5, 5.41) is 2.87. The van der Waals surface area contributed by atoms with Crippen LogP contribution in [0.1, 0.15) is 28.9 Å². The van der Waals surface area contributed by atoms with Gasteiger partial charge in [0.1, 0.15) is 11.6 Å². The molecule has 0 aliphatic heterocycles. The number of carbonyl (C=O) groups is 1. The average Bonchev–Trinajstić information content (AvgIpc) is 2.47. The van der Waals surface area contributed by atoms with Crippen molar-refractivity contribution in [2.24, 2.45) is 0 Å². The van der Waals surface area contributed by atoms with Crippen molar-refractivity contribution < 1.29 is 13.9 Å². The molecule has 0 aromatic heterocycles. The summed E-state index contributed by atoms with van der Waals surface area (Å²) >= 11 is 0. The largest absolute Gasteiger partial charge is 0.497 e. The highest BCUT2D eigenvalue weighted by Crippen LogP contribution is 2.16. The highest BCUT2D eigenvalue weighted by molar-refractivity contribution is 5.94. The van der Waals surface area contributed by atoms with Gasteiger partial charge in [-0.05, 0) is 42.8 Å². The molecule has 104 valence electrons. The van der Waals surface area contributed by atoms with Crippen LogP contribution < -0.4 is 10.1 Å². The maximum atomic E-state index is 12.9. The number of methoxy groups -OCH3 is 1. The van der Waals surface area contributed by atoms with Gasteiger partial charge >= 0.3 is 0 Å². The summed E-state index contributed by atoms with van der Waals surface area (Å²) in [5.74, 6) is 0.146. The zero-order valence-electron chi connectivity index (χ0n) is 11.4. The van der Waals surface area contributed by atoms with E-state index in [1.165, 1.54) is 12.1 Å². The fraction of sp³-hybridized carbons (Fsp3) is 0.188. The minimum atomic E-state index is -0.292. The first-order chi connectivity index (χ1) is 9.60. The molecule has 0 heterocycles. The van der Waals surface area contributed by atoms with Crippen molar-refractivity contribution in [3.05, 3.63) is 65.5 Å². The molecule has 3 nitrogen and oxygen atoms in total. The summed E-state index contributed by atoms with van der Waals surface area (Å²) in [6.07, 6.45) is 0. The number of carbonyl (C=O) groups excluding carboxylic acids is 1. The molecular weight excluding hydrogens is 257 g/mol. The molecule has 1 amide bonds. The van der Waals surface area contributed by atoms with Gasteiger partial charge in [-0.15, -0.1) is 0 Å². The molecule has 20 heavy (non-hydrogen) atoms. The van der Waals surface area contributed by atoms with Crippen LogP contribution in [0.25, 0.3) is 0 Å². The van der Waals surface area contributed by atoms with E-state index in [9.17, 15) is 9.18 Å². The minimum absolute atomic E-state index is 0.194. The Hall–Kier alpha value is -2.36. The standard InChI is InChI=1S/C16H16FNO2/c1-11(12-6-8-14(17)9-7-12)18-16(19)13-4-3-5-15(10-13)20-2/h3-11H,1-2H3,(H,18,19). The highest BCUT2D eigenvalue weighted by Gasteiger charge is 2.12. The van der Waals surface area contributed by atoms with E-state index < -0.39 is 0 Å². The van der Waals surface area contributed by atoms with Crippen LogP contribution in [0, 0.1) is 5.82 Å². The van der Waals surface area contributed by atoms with E-state index in [1.54, 1.807) is 43.5 Å². The lowest BCUT2D eigenvalue weighted by molar-refractivity contribution is 0.0939. The molecule has 0 saturated carbocycles. The highest BCUT2D eigenvalue weighted by atomic mass is 19.1. The Morgan fingerprint density at radius 2 is 1.90 bits per heavy atom. The molecule has 0 fully saturated rings. The van der Waals surface area contributed by atoms with E-state index >= 15 is 0 Å². The number of hydrogen-bond donors (Lipinski definition) is 1. The molecule has 1 N–H and O–H groups in total. The van der Waals surface area contributed by atoms with Crippen LogP contribution in [0.2, 0.25) is 0 Å². The molecule has 4 heteroatoms. The Balaban J connectivity index is 2.08.